The zero-order valence-corrected chi connectivity index (χ0v) is 11.0. The molecular weight excluding hydrogens is 283 g/mol. The maximum atomic E-state index is 13.7. The van der Waals surface area contributed by atoms with Crippen molar-refractivity contribution in [3.8, 4) is 11.8 Å². The van der Waals surface area contributed by atoms with Crippen LogP contribution in [0, 0.1) is 17.7 Å². The van der Waals surface area contributed by atoms with Crippen molar-refractivity contribution in [3.05, 3.63) is 52.7 Å². The van der Waals surface area contributed by atoms with Gasteiger partial charge in [0.25, 0.3) is 5.91 Å². The lowest BCUT2D eigenvalue weighted by Gasteiger charge is -2.04. The third kappa shape index (κ3) is 3.18. The molecule has 2 rings (SSSR count). The van der Waals surface area contributed by atoms with Gasteiger partial charge >= 0.3 is 0 Å². The van der Waals surface area contributed by atoms with Crippen molar-refractivity contribution >= 4 is 23.2 Å². The molecule has 1 amide bonds. The monoisotopic (exact) mass is 292 g/mol. The fourth-order valence-electron chi connectivity index (χ4n) is 1.49. The van der Waals surface area contributed by atoms with Gasteiger partial charge in [-0.3, -0.25) is 4.79 Å². The molecule has 0 saturated carbocycles. The topological polar surface area (TPSA) is 68.3 Å². The molecule has 0 spiro atoms. The molecule has 0 unspecified atom stereocenters. The fourth-order valence-corrected chi connectivity index (χ4v) is 1.69. The van der Waals surface area contributed by atoms with Crippen molar-refractivity contribution in [2.75, 3.05) is 11.9 Å². The second kappa shape index (κ2) is 6.24. The van der Waals surface area contributed by atoms with Crippen molar-refractivity contribution in [3.63, 3.8) is 0 Å². The Kier molecular flexibility index (Phi) is 4.41. The van der Waals surface area contributed by atoms with Gasteiger partial charge in [0.15, 0.2) is 0 Å². The van der Waals surface area contributed by atoms with E-state index < -0.39 is 11.7 Å². The number of nitrogens with two attached hydrogens (primary N) is 1. The maximum absolute atomic E-state index is 13.7. The smallest absolute Gasteiger partial charge is 0.260 e. The Hall–Kier alpha value is -2.29. The van der Waals surface area contributed by atoms with Crippen LogP contribution in [0.15, 0.2) is 34.9 Å². The molecule has 0 aliphatic rings. The van der Waals surface area contributed by atoms with Crippen molar-refractivity contribution in [2.24, 2.45) is 5.73 Å². The summed E-state index contributed by atoms with van der Waals surface area (Å²) in [6, 6.07) is 5.60. The van der Waals surface area contributed by atoms with Gasteiger partial charge in [-0.05, 0) is 35.9 Å². The Labute approximate surface area is 119 Å². The second-order valence-corrected chi connectivity index (χ2v) is 4.11. The van der Waals surface area contributed by atoms with Crippen LogP contribution in [0.2, 0.25) is 5.22 Å². The summed E-state index contributed by atoms with van der Waals surface area (Å²) < 4.78 is 18.5. The summed E-state index contributed by atoms with van der Waals surface area (Å²) in [5, 5.41) is 2.49. The normalized spacial score (nSPS) is 9.75. The highest BCUT2D eigenvalue weighted by Gasteiger charge is 2.13. The largest absolute Gasteiger partial charge is 0.452 e. The number of carbonyl (C=O) groups is 1. The standard InChI is InChI=1S/C14H10ClFN2O2/c15-13-11(5-7-20-13)14(19)18-10-4-3-9(2-1-6-17)12(16)8-10/h3-5,7-8H,6,17H2,(H,18,19). The van der Waals surface area contributed by atoms with Crippen LogP contribution in [0.1, 0.15) is 15.9 Å². The molecule has 1 aromatic carbocycles. The van der Waals surface area contributed by atoms with Crippen LogP contribution in [0.3, 0.4) is 0 Å². The van der Waals surface area contributed by atoms with E-state index in [2.05, 4.69) is 17.2 Å². The van der Waals surface area contributed by atoms with Gasteiger partial charge in [-0.1, -0.05) is 11.8 Å². The molecule has 1 aromatic heterocycles. The van der Waals surface area contributed by atoms with Crippen LogP contribution in [0.5, 0.6) is 0 Å². The molecule has 2 aromatic rings. The molecule has 0 saturated heterocycles. The van der Waals surface area contributed by atoms with Gasteiger partial charge in [-0.15, -0.1) is 0 Å². The number of nitrogens with one attached hydrogen (secondary N) is 1. The van der Waals surface area contributed by atoms with Crippen LogP contribution in [-0.2, 0) is 0 Å². The average molecular weight is 293 g/mol. The van der Waals surface area contributed by atoms with E-state index in [0.717, 1.165) is 0 Å². The molecule has 4 nitrogen and oxygen atoms in total. The second-order valence-electron chi connectivity index (χ2n) is 3.76. The van der Waals surface area contributed by atoms with Crippen molar-refractivity contribution in [2.45, 2.75) is 0 Å². The fraction of sp³-hybridized carbons (Fsp3) is 0.0714. The minimum atomic E-state index is -0.540. The number of furan rings is 1. The maximum Gasteiger partial charge on any atom is 0.260 e. The number of hydrogen-bond acceptors (Lipinski definition) is 3. The summed E-state index contributed by atoms with van der Waals surface area (Å²) >= 11 is 5.68. The average Bonchev–Trinajstić information content (AvgIpc) is 2.84. The van der Waals surface area contributed by atoms with E-state index in [4.69, 9.17) is 21.8 Å². The Morgan fingerprint density at radius 1 is 1.45 bits per heavy atom. The van der Waals surface area contributed by atoms with Gasteiger partial charge in [-0.25, -0.2) is 4.39 Å². The molecule has 0 fully saturated rings. The number of anilines is 1. The summed E-state index contributed by atoms with van der Waals surface area (Å²) in [5.41, 5.74) is 5.91. The first-order valence-electron chi connectivity index (χ1n) is 5.64. The Morgan fingerprint density at radius 2 is 2.25 bits per heavy atom. The van der Waals surface area contributed by atoms with E-state index in [1.54, 1.807) is 0 Å². The summed E-state index contributed by atoms with van der Waals surface area (Å²) in [6.07, 6.45) is 1.29. The van der Waals surface area contributed by atoms with Crippen molar-refractivity contribution < 1.29 is 13.6 Å². The number of rotatable bonds is 2. The molecule has 0 radical (unpaired) electrons. The predicted molar refractivity (Wildman–Crippen MR) is 74.0 cm³/mol. The van der Waals surface area contributed by atoms with E-state index >= 15 is 0 Å². The molecule has 0 aliphatic carbocycles. The minimum Gasteiger partial charge on any atom is -0.452 e. The number of amides is 1. The van der Waals surface area contributed by atoms with Gasteiger partial charge in [0.05, 0.1) is 23.9 Å². The number of benzene rings is 1. The lowest BCUT2D eigenvalue weighted by molar-refractivity contribution is 0.102. The van der Waals surface area contributed by atoms with Gasteiger partial charge in [0.1, 0.15) is 5.82 Å². The molecule has 6 heteroatoms. The van der Waals surface area contributed by atoms with E-state index in [9.17, 15) is 9.18 Å². The molecule has 3 N–H and O–H groups in total. The summed E-state index contributed by atoms with van der Waals surface area (Å²) in [7, 11) is 0. The van der Waals surface area contributed by atoms with Crippen LogP contribution in [-0.4, -0.2) is 12.5 Å². The Morgan fingerprint density at radius 3 is 2.85 bits per heavy atom. The molecule has 20 heavy (non-hydrogen) atoms. The van der Waals surface area contributed by atoms with Crippen LogP contribution in [0.4, 0.5) is 10.1 Å². The highest BCUT2D eigenvalue weighted by atomic mass is 35.5. The number of halogens is 2. The first-order chi connectivity index (χ1) is 9.61. The van der Waals surface area contributed by atoms with Crippen molar-refractivity contribution in [1.82, 2.24) is 0 Å². The zero-order valence-electron chi connectivity index (χ0n) is 10.2. The van der Waals surface area contributed by atoms with E-state index in [1.807, 2.05) is 0 Å². The number of hydrogen-bond donors (Lipinski definition) is 2. The summed E-state index contributed by atoms with van der Waals surface area (Å²) in [4.78, 5) is 11.8. The van der Waals surface area contributed by atoms with Gasteiger partial charge in [-0.2, -0.15) is 0 Å². The van der Waals surface area contributed by atoms with E-state index in [0.29, 0.717) is 5.69 Å². The van der Waals surface area contributed by atoms with Crippen molar-refractivity contribution in [1.29, 1.82) is 0 Å². The van der Waals surface area contributed by atoms with Crippen LogP contribution < -0.4 is 11.1 Å². The van der Waals surface area contributed by atoms with Crippen LogP contribution >= 0.6 is 11.6 Å². The first kappa shape index (κ1) is 14.1. The third-order valence-corrected chi connectivity index (χ3v) is 2.71. The van der Waals surface area contributed by atoms with Gasteiger partial charge in [0, 0.05) is 5.69 Å². The highest BCUT2D eigenvalue weighted by molar-refractivity contribution is 6.32. The predicted octanol–water partition coefficient (Wildman–Crippen LogP) is 2.63. The molecule has 0 atom stereocenters. The summed E-state index contributed by atoms with van der Waals surface area (Å²) in [5.74, 6) is 4.12. The highest BCUT2D eigenvalue weighted by Crippen LogP contribution is 2.19. The minimum absolute atomic E-state index is 0.0200. The molecule has 0 bridgehead atoms. The van der Waals surface area contributed by atoms with Crippen LogP contribution in [0.25, 0.3) is 0 Å². The molecular formula is C14H10ClFN2O2. The third-order valence-electron chi connectivity index (χ3n) is 2.41. The molecule has 0 aliphatic heterocycles. The van der Waals surface area contributed by atoms with E-state index in [-0.39, 0.29) is 22.9 Å². The molecule has 1 heterocycles. The lowest BCUT2D eigenvalue weighted by atomic mass is 10.2. The molecule has 102 valence electrons. The van der Waals surface area contributed by atoms with Gasteiger partial charge in [0.2, 0.25) is 5.22 Å². The van der Waals surface area contributed by atoms with E-state index in [1.165, 1.54) is 30.5 Å². The Balaban J connectivity index is 2.17. The zero-order chi connectivity index (χ0) is 14.5. The first-order valence-corrected chi connectivity index (χ1v) is 6.02. The SMILES string of the molecule is NCC#Cc1ccc(NC(=O)c2ccoc2Cl)cc1F. The van der Waals surface area contributed by atoms with Gasteiger partial charge < -0.3 is 15.5 Å². The quantitative estimate of drug-likeness (QED) is 0.836. The Bertz CT molecular complexity index is 701. The number of carbonyl (C=O) groups excluding carboxylic acids is 1. The summed E-state index contributed by atoms with van der Waals surface area (Å²) in [6.45, 7) is 0.150. The lowest BCUT2D eigenvalue weighted by Crippen LogP contribution is -2.11.